The number of amides is 2. The maximum absolute atomic E-state index is 12.8. The zero-order chi connectivity index (χ0) is 19.9. The molecule has 2 aromatic rings. The van der Waals surface area contributed by atoms with Gasteiger partial charge in [-0.2, -0.15) is 5.10 Å². The van der Waals surface area contributed by atoms with Gasteiger partial charge in [0, 0.05) is 38.3 Å². The number of aromatic nitrogens is 2. The largest absolute Gasteiger partial charge is 0.334 e. The van der Waals surface area contributed by atoms with Crippen molar-refractivity contribution >= 4 is 35.0 Å². The molecule has 1 aliphatic rings. The Balaban J connectivity index is 1.64. The molecule has 1 aromatic heterocycles. The summed E-state index contributed by atoms with van der Waals surface area (Å²) in [5, 5.41) is 4.25. The minimum Gasteiger partial charge on any atom is -0.334 e. The number of alkyl halides is 2. The third kappa shape index (κ3) is 3.64. The molecule has 0 bridgehead atoms. The van der Waals surface area contributed by atoms with Crippen LogP contribution < -0.4 is 0 Å². The van der Waals surface area contributed by atoms with Crippen LogP contribution in [0.1, 0.15) is 32.8 Å². The normalized spacial score (nSPS) is 14.4. The van der Waals surface area contributed by atoms with Crippen LogP contribution in [0.3, 0.4) is 0 Å². The van der Waals surface area contributed by atoms with Gasteiger partial charge in [-0.25, -0.2) is 8.78 Å². The first-order valence-electron chi connectivity index (χ1n) is 8.03. The summed E-state index contributed by atoms with van der Waals surface area (Å²) in [5.41, 5.74) is 0.0350. The van der Waals surface area contributed by atoms with Crippen molar-refractivity contribution < 1.29 is 18.4 Å². The van der Waals surface area contributed by atoms with Gasteiger partial charge in [0.05, 0.1) is 6.04 Å². The number of aryl methyl sites for hydroxylation is 1. The second-order valence-electron chi connectivity index (χ2n) is 6.28. The molecule has 1 aliphatic heterocycles. The summed E-state index contributed by atoms with van der Waals surface area (Å²) in [4.78, 5) is 27.9. The van der Waals surface area contributed by atoms with E-state index < -0.39 is 12.3 Å². The quantitative estimate of drug-likeness (QED) is 0.768. The van der Waals surface area contributed by atoms with E-state index in [1.807, 2.05) is 0 Å². The Morgan fingerprint density at radius 2 is 1.96 bits per heavy atom. The first kappa shape index (κ1) is 19.6. The second-order valence-corrected chi connectivity index (χ2v) is 7.02. The van der Waals surface area contributed by atoms with Crippen LogP contribution in [0.5, 0.6) is 0 Å². The molecule has 27 heavy (non-hydrogen) atoms. The van der Waals surface area contributed by atoms with Crippen LogP contribution in [-0.4, -0.2) is 57.6 Å². The lowest BCUT2D eigenvalue weighted by Gasteiger charge is -2.43. The maximum Gasteiger partial charge on any atom is 0.276 e. The van der Waals surface area contributed by atoms with Gasteiger partial charge >= 0.3 is 0 Å². The van der Waals surface area contributed by atoms with Crippen LogP contribution in [0.4, 0.5) is 8.78 Å². The number of hydrogen-bond donors (Lipinski definition) is 0. The van der Waals surface area contributed by atoms with E-state index in [1.165, 1.54) is 38.7 Å². The van der Waals surface area contributed by atoms with E-state index in [9.17, 15) is 18.4 Å². The number of hydrogen-bond acceptors (Lipinski definition) is 3. The topological polar surface area (TPSA) is 58.4 Å². The molecule has 0 spiro atoms. The molecule has 2 heterocycles. The first-order chi connectivity index (χ1) is 12.7. The lowest BCUT2D eigenvalue weighted by Crippen LogP contribution is -2.61. The van der Waals surface area contributed by atoms with Gasteiger partial charge in [0.1, 0.15) is 10.2 Å². The smallest absolute Gasteiger partial charge is 0.276 e. The molecule has 0 atom stereocenters. The van der Waals surface area contributed by atoms with Gasteiger partial charge in [0.2, 0.25) is 0 Å². The van der Waals surface area contributed by atoms with Crippen molar-refractivity contribution in [2.75, 3.05) is 20.1 Å². The van der Waals surface area contributed by atoms with Gasteiger partial charge in [-0.05, 0) is 12.1 Å². The molecular weight excluding hydrogens is 401 g/mol. The zero-order valence-electron chi connectivity index (χ0n) is 14.5. The molecule has 1 aromatic carbocycles. The standard InChI is InChI=1S/C17H16Cl2F2N4O2/c1-23(17(27)13-12(18)14(19)24(2)22-13)11-7-25(8-11)16(26)10-5-3-4-9(6-10)15(20)21/h3-6,11,15H,7-8H2,1-2H3. The highest BCUT2D eigenvalue weighted by Gasteiger charge is 2.37. The van der Waals surface area contributed by atoms with E-state index in [0.717, 1.165) is 0 Å². The molecule has 144 valence electrons. The van der Waals surface area contributed by atoms with Crippen LogP contribution in [-0.2, 0) is 7.05 Å². The summed E-state index contributed by atoms with van der Waals surface area (Å²) in [6.45, 7) is 0.580. The Morgan fingerprint density at radius 1 is 1.30 bits per heavy atom. The molecule has 2 amide bonds. The van der Waals surface area contributed by atoms with Gasteiger partial charge in [-0.1, -0.05) is 35.3 Å². The summed E-state index contributed by atoms with van der Waals surface area (Å²) in [5.74, 6) is -0.757. The number of rotatable bonds is 4. The number of benzene rings is 1. The van der Waals surface area contributed by atoms with Crippen LogP contribution in [0.15, 0.2) is 24.3 Å². The van der Waals surface area contributed by atoms with Gasteiger partial charge in [0.15, 0.2) is 5.69 Å². The lowest BCUT2D eigenvalue weighted by molar-refractivity contribution is 0.0293. The average Bonchev–Trinajstić information content (AvgIpc) is 2.87. The number of halogens is 4. The highest BCUT2D eigenvalue weighted by Crippen LogP contribution is 2.27. The fraction of sp³-hybridized carbons (Fsp3) is 0.353. The van der Waals surface area contributed by atoms with Crippen molar-refractivity contribution in [3.63, 3.8) is 0 Å². The molecule has 0 saturated carbocycles. The molecule has 0 unspecified atom stereocenters. The van der Waals surface area contributed by atoms with Crippen molar-refractivity contribution in [1.29, 1.82) is 0 Å². The lowest BCUT2D eigenvalue weighted by atomic mass is 10.0. The maximum atomic E-state index is 12.8. The Labute approximate surface area is 164 Å². The Kier molecular flexibility index (Phi) is 5.39. The number of likely N-dealkylation sites (N-methyl/N-ethyl adjacent to an activating group) is 1. The molecule has 0 aliphatic carbocycles. The van der Waals surface area contributed by atoms with Crippen LogP contribution in [0.25, 0.3) is 0 Å². The molecule has 10 heteroatoms. The van der Waals surface area contributed by atoms with E-state index in [0.29, 0.717) is 0 Å². The number of likely N-dealkylation sites (tertiary alicyclic amines) is 1. The van der Waals surface area contributed by atoms with Crippen molar-refractivity contribution in [3.8, 4) is 0 Å². The van der Waals surface area contributed by atoms with Crippen molar-refractivity contribution in [3.05, 3.63) is 51.3 Å². The minimum absolute atomic E-state index is 0.0427. The van der Waals surface area contributed by atoms with Gasteiger partial charge in [-0.15, -0.1) is 0 Å². The molecule has 1 saturated heterocycles. The first-order valence-corrected chi connectivity index (χ1v) is 8.78. The van der Waals surface area contributed by atoms with Gasteiger partial charge in [0.25, 0.3) is 18.2 Å². The van der Waals surface area contributed by atoms with Crippen molar-refractivity contribution in [1.82, 2.24) is 19.6 Å². The third-order valence-electron chi connectivity index (χ3n) is 4.53. The fourth-order valence-corrected chi connectivity index (χ4v) is 3.17. The van der Waals surface area contributed by atoms with E-state index in [2.05, 4.69) is 5.10 Å². The molecule has 3 rings (SSSR count). The monoisotopic (exact) mass is 416 g/mol. The molecule has 1 fully saturated rings. The third-order valence-corrected chi connectivity index (χ3v) is 5.42. The van der Waals surface area contributed by atoms with Crippen LogP contribution in [0, 0.1) is 0 Å². The highest BCUT2D eigenvalue weighted by atomic mass is 35.5. The van der Waals surface area contributed by atoms with E-state index in [-0.39, 0.29) is 52.0 Å². The number of carbonyl (C=O) groups excluding carboxylic acids is 2. The van der Waals surface area contributed by atoms with Crippen LogP contribution in [0.2, 0.25) is 10.2 Å². The van der Waals surface area contributed by atoms with Crippen LogP contribution >= 0.6 is 23.2 Å². The second kappa shape index (κ2) is 7.44. The number of nitrogens with zero attached hydrogens (tertiary/aromatic N) is 4. The minimum atomic E-state index is -2.64. The summed E-state index contributed by atoms with van der Waals surface area (Å²) in [6, 6.07) is 5.15. The fourth-order valence-electron chi connectivity index (χ4n) is 2.80. The Hall–Kier alpha value is -2.19. The molecule has 6 nitrogen and oxygen atoms in total. The van der Waals surface area contributed by atoms with E-state index in [1.54, 1.807) is 14.1 Å². The SMILES string of the molecule is CN(C(=O)c1nn(C)c(Cl)c1Cl)C1CN(C(=O)c2cccc(C(F)F)c2)C1. The predicted molar refractivity (Wildman–Crippen MR) is 96.4 cm³/mol. The van der Waals surface area contributed by atoms with Gasteiger partial charge < -0.3 is 9.80 Å². The molecular formula is C17H16Cl2F2N4O2. The zero-order valence-corrected chi connectivity index (χ0v) is 16.0. The van der Waals surface area contributed by atoms with E-state index >= 15 is 0 Å². The highest BCUT2D eigenvalue weighted by molar-refractivity contribution is 6.43. The number of carbonyl (C=O) groups is 2. The van der Waals surface area contributed by atoms with E-state index in [4.69, 9.17) is 23.2 Å². The van der Waals surface area contributed by atoms with Crippen molar-refractivity contribution in [2.45, 2.75) is 12.5 Å². The van der Waals surface area contributed by atoms with Gasteiger partial charge in [-0.3, -0.25) is 14.3 Å². The average molecular weight is 417 g/mol. The summed E-state index contributed by atoms with van der Waals surface area (Å²) in [7, 11) is 3.16. The molecule has 0 radical (unpaired) electrons. The Bertz CT molecular complexity index is 897. The summed E-state index contributed by atoms with van der Waals surface area (Å²) < 4.78 is 26.9. The summed E-state index contributed by atoms with van der Waals surface area (Å²) >= 11 is 12.0. The molecule has 0 N–H and O–H groups in total. The van der Waals surface area contributed by atoms with Crippen molar-refractivity contribution in [2.24, 2.45) is 7.05 Å². The predicted octanol–water partition coefficient (Wildman–Crippen LogP) is 3.26. The summed E-state index contributed by atoms with van der Waals surface area (Å²) in [6.07, 6.45) is -2.64. The Morgan fingerprint density at radius 3 is 2.52 bits per heavy atom.